The molecule has 1 saturated carbocycles. The fraction of sp³-hybridized carbons (Fsp3) is 0.519. The molecule has 1 aliphatic carbocycles. The molecule has 0 spiro atoms. The van der Waals surface area contributed by atoms with Gasteiger partial charge in [-0.15, -0.1) is 0 Å². The molecule has 0 amide bonds. The summed E-state index contributed by atoms with van der Waals surface area (Å²) in [6.45, 7) is 6.25. The molecule has 0 radical (unpaired) electrons. The first-order valence-corrected chi connectivity index (χ1v) is 11.7. The van der Waals surface area contributed by atoms with E-state index in [2.05, 4.69) is 49.1 Å². The molecule has 1 aliphatic rings. The fourth-order valence-corrected chi connectivity index (χ4v) is 4.88. The molecule has 5 heteroatoms. The molecule has 0 heterocycles. The van der Waals surface area contributed by atoms with Gasteiger partial charge in [0.1, 0.15) is 0 Å². The van der Waals surface area contributed by atoms with Crippen molar-refractivity contribution in [2.24, 2.45) is 5.92 Å². The molecular weight excluding hydrogens is 409 g/mol. The van der Waals surface area contributed by atoms with Crippen LogP contribution in [0.5, 0.6) is 0 Å². The van der Waals surface area contributed by atoms with Crippen LogP contribution in [0.3, 0.4) is 0 Å². The standard InChI is InChI=1S/C27H33F3N2/c1-3-25(32(4-2)19-17-21-8-6-5-7-9-21)16-18-26(20-31,22-10-11-22)23-12-14-24(15-13-23)27(28,29)30/h5-9,12-15,22,25H,3-4,10-11,16-19H2,1-2H3. The van der Waals surface area contributed by atoms with Gasteiger partial charge in [0, 0.05) is 12.6 Å². The molecule has 2 nitrogen and oxygen atoms in total. The second-order valence-corrected chi connectivity index (χ2v) is 8.90. The molecule has 0 N–H and O–H groups in total. The normalized spacial score (nSPS) is 17.0. The number of alkyl halides is 3. The highest BCUT2D eigenvalue weighted by Crippen LogP contribution is 2.50. The van der Waals surface area contributed by atoms with Crippen molar-refractivity contribution in [3.8, 4) is 6.07 Å². The van der Waals surface area contributed by atoms with E-state index in [4.69, 9.17) is 0 Å². The average Bonchev–Trinajstić information content (AvgIpc) is 3.65. The van der Waals surface area contributed by atoms with E-state index in [1.54, 1.807) is 0 Å². The molecule has 2 unspecified atom stereocenters. The Balaban J connectivity index is 1.72. The molecule has 0 bridgehead atoms. The Morgan fingerprint density at radius 2 is 1.62 bits per heavy atom. The molecular formula is C27H33F3N2. The summed E-state index contributed by atoms with van der Waals surface area (Å²) in [6.07, 6.45) is 1.09. The monoisotopic (exact) mass is 442 g/mol. The second kappa shape index (κ2) is 10.5. The summed E-state index contributed by atoms with van der Waals surface area (Å²) < 4.78 is 39.1. The maximum atomic E-state index is 13.0. The van der Waals surface area contributed by atoms with Gasteiger partial charge < -0.3 is 4.90 Å². The average molecular weight is 443 g/mol. The number of nitrogens with zero attached hydrogens (tertiary/aromatic N) is 2. The number of hydrogen-bond acceptors (Lipinski definition) is 2. The van der Waals surface area contributed by atoms with Gasteiger partial charge in [-0.05, 0) is 74.2 Å². The van der Waals surface area contributed by atoms with Crippen LogP contribution in [0, 0.1) is 17.2 Å². The van der Waals surface area contributed by atoms with Crippen molar-refractivity contribution in [2.45, 2.75) is 70.0 Å². The van der Waals surface area contributed by atoms with Crippen LogP contribution in [-0.2, 0) is 18.0 Å². The van der Waals surface area contributed by atoms with Gasteiger partial charge in [-0.1, -0.05) is 56.3 Å². The number of benzene rings is 2. The first kappa shape index (κ1) is 24.3. The molecule has 0 aliphatic heterocycles. The smallest absolute Gasteiger partial charge is 0.300 e. The molecule has 1 fully saturated rings. The van der Waals surface area contributed by atoms with E-state index >= 15 is 0 Å². The van der Waals surface area contributed by atoms with Crippen molar-refractivity contribution in [1.29, 1.82) is 5.26 Å². The summed E-state index contributed by atoms with van der Waals surface area (Å²) in [5.74, 6) is 0.237. The maximum Gasteiger partial charge on any atom is 0.416 e. The molecule has 3 rings (SSSR count). The predicted octanol–water partition coefficient (Wildman–Crippen LogP) is 7.00. The van der Waals surface area contributed by atoms with Crippen LogP contribution in [-0.4, -0.2) is 24.0 Å². The molecule has 2 aromatic rings. The first-order chi connectivity index (χ1) is 15.3. The third kappa shape index (κ3) is 5.72. The van der Waals surface area contributed by atoms with E-state index in [-0.39, 0.29) is 5.92 Å². The highest BCUT2D eigenvalue weighted by molar-refractivity contribution is 5.38. The lowest BCUT2D eigenvalue weighted by Gasteiger charge is -2.34. The third-order valence-corrected chi connectivity index (χ3v) is 7.00. The van der Waals surface area contributed by atoms with E-state index in [0.717, 1.165) is 62.9 Å². The SMILES string of the molecule is CCC(CCC(C#N)(c1ccc(C(F)(F)F)cc1)C1CC1)N(CC)CCc1ccccc1. The maximum absolute atomic E-state index is 13.0. The summed E-state index contributed by atoms with van der Waals surface area (Å²) in [5.41, 5.74) is 0.692. The topological polar surface area (TPSA) is 27.0 Å². The Hall–Kier alpha value is -2.32. The van der Waals surface area contributed by atoms with Gasteiger partial charge in [0.05, 0.1) is 17.0 Å². The second-order valence-electron chi connectivity index (χ2n) is 8.90. The van der Waals surface area contributed by atoms with E-state index in [0.29, 0.717) is 12.5 Å². The van der Waals surface area contributed by atoms with Gasteiger partial charge in [-0.25, -0.2) is 0 Å². The minimum atomic E-state index is -4.36. The number of rotatable bonds is 11. The Morgan fingerprint density at radius 1 is 1.00 bits per heavy atom. The van der Waals surface area contributed by atoms with Gasteiger partial charge >= 0.3 is 6.18 Å². The Bertz CT molecular complexity index is 882. The summed E-state index contributed by atoms with van der Waals surface area (Å²) >= 11 is 0. The number of hydrogen-bond donors (Lipinski definition) is 0. The van der Waals surface area contributed by atoms with E-state index in [9.17, 15) is 18.4 Å². The lowest BCUT2D eigenvalue weighted by Crippen LogP contribution is -2.38. The molecule has 172 valence electrons. The van der Waals surface area contributed by atoms with E-state index in [1.165, 1.54) is 17.7 Å². The number of likely N-dealkylation sites (N-methyl/N-ethyl adjacent to an activating group) is 1. The summed E-state index contributed by atoms with van der Waals surface area (Å²) in [6, 6.07) is 18.6. The Labute approximate surface area is 190 Å². The van der Waals surface area contributed by atoms with Crippen LogP contribution in [0.25, 0.3) is 0 Å². The zero-order valence-electron chi connectivity index (χ0n) is 19.0. The highest BCUT2D eigenvalue weighted by atomic mass is 19.4. The number of halogens is 3. The van der Waals surface area contributed by atoms with Crippen LogP contribution in [0.2, 0.25) is 0 Å². The van der Waals surface area contributed by atoms with Gasteiger partial charge in [-0.2, -0.15) is 18.4 Å². The quantitative estimate of drug-likeness (QED) is 0.375. The van der Waals surface area contributed by atoms with Gasteiger partial charge in [0.25, 0.3) is 0 Å². The van der Waals surface area contributed by atoms with Crippen molar-refractivity contribution >= 4 is 0 Å². The molecule has 0 saturated heterocycles. The first-order valence-electron chi connectivity index (χ1n) is 11.7. The van der Waals surface area contributed by atoms with Crippen molar-refractivity contribution in [3.05, 3.63) is 71.3 Å². The van der Waals surface area contributed by atoms with Crippen molar-refractivity contribution in [3.63, 3.8) is 0 Å². The minimum absolute atomic E-state index is 0.237. The fourth-order valence-electron chi connectivity index (χ4n) is 4.88. The van der Waals surface area contributed by atoms with Crippen LogP contribution < -0.4 is 0 Å². The zero-order chi connectivity index (χ0) is 23.2. The van der Waals surface area contributed by atoms with Crippen LogP contribution >= 0.6 is 0 Å². The lowest BCUT2D eigenvalue weighted by molar-refractivity contribution is -0.137. The van der Waals surface area contributed by atoms with Crippen LogP contribution in [0.1, 0.15) is 62.6 Å². The van der Waals surface area contributed by atoms with Gasteiger partial charge in [0.2, 0.25) is 0 Å². The highest BCUT2D eigenvalue weighted by Gasteiger charge is 2.47. The van der Waals surface area contributed by atoms with Gasteiger partial charge in [-0.3, -0.25) is 0 Å². The predicted molar refractivity (Wildman–Crippen MR) is 122 cm³/mol. The van der Waals surface area contributed by atoms with Gasteiger partial charge in [0.15, 0.2) is 0 Å². The summed E-state index contributed by atoms with van der Waals surface area (Å²) in [7, 11) is 0. The molecule has 0 aromatic heterocycles. The third-order valence-electron chi connectivity index (χ3n) is 7.00. The van der Waals surface area contributed by atoms with Crippen molar-refractivity contribution in [2.75, 3.05) is 13.1 Å². The summed E-state index contributed by atoms with van der Waals surface area (Å²) in [5, 5.41) is 10.2. The minimum Gasteiger partial charge on any atom is -0.300 e. The van der Waals surface area contributed by atoms with Crippen LogP contribution in [0.4, 0.5) is 13.2 Å². The van der Waals surface area contributed by atoms with Crippen molar-refractivity contribution in [1.82, 2.24) is 4.90 Å². The van der Waals surface area contributed by atoms with Crippen LogP contribution in [0.15, 0.2) is 54.6 Å². The molecule has 32 heavy (non-hydrogen) atoms. The van der Waals surface area contributed by atoms with E-state index < -0.39 is 17.2 Å². The number of nitriles is 1. The van der Waals surface area contributed by atoms with Crippen molar-refractivity contribution < 1.29 is 13.2 Å². The molecule has 2 atom stereocenters. The molecule has 2 aromatic carbocycles. The Kier molecular flexibility index (Phi) is 8.00. The zero-order valence-corrected chi connectivity index (χ0v) is 19.0. The largest absolute Gasteiger partial charge is 0.416 e. The summed E-state index contributed by atoms with van der Waals surface area (Å²) in [4.78, 5) is 2.48. The Morgan fingerprint density at radius 3 is 2.12 bits per heavy atom. The lowest BCUT2D eigenvalue weighted by atomic mass is 9.72. The van der Waals surface area contributed by atoms with E-state index in [1.807, 2.05) is 6.07 Å².